The number of amides is 3. The first-order chi connectivity index (χ1) is 21.9. The van der Waals surface area contributed by atoms with Crippen LogP contribution in [0.5, 0.6) is 0 Å². The molecule has 2 aliphatic heterocycles. The Bertz CT molecular complexity index is 1730. The first-order valence-electron chi connectivity index (χ1n) is 15.1. The number of hydrogen-bond donors (Lipinski definition) is 3. The summed E-state index contributed by atoms with van der Waals surface area (Å²) in [5.74, 6) is -2.63. The lowest BCUT2D eigenvalue weighted by molar-refractivity contribution is -0.138. The molecule has 6 rings (SSSR count). The summed E-state index contributed by atoms with van der Waals surface area (Å²) < 4.78 is 0. The van der Waals surface area contributed by atoms with Gasteiger partial charge in [0, 0.05) is 13.1 Å². The fourth-order valence-electron chi connectivity index (χ4n) is 6.06. The fraction of sp³-hybridized carbons (Fsp3) is 0.257. The highest BCUT2D eigenvalue weighted by Crippen LogP contribution is 2.29. The third-order valence-corrected chi connectivity index (χ3v) is 8.40. The molecule has 10 nitrogen and oxygen atoms in total. The molecular formula is C35H34N4O6. The van der Waals surface area contributed by atoms with Crippen molar-refractivity contribution < 1.29 is 29.1 Å². The number of nitrogens with one attached hydrogen (secondary N) is 2. The lowest BCUT2D eigenvalue weighted by Crippen LogP contribution is -2.49. The molecule has 0 aliphatic carbocycles. The van der Waals surface area contributed by atoms with Gasteiger partial charge < -0.3 is 20.6 Å². The van der Waals surface area contributed by atoms with Crippen LogP contribution in [0.15, 0.2) is 97.1 Å². The van der Waals surface area contributed by atoms with Crippen LogP contribution in [0, 0.1) is 5.92 Å². The van der Waals surface area contributed by atoms with Gasteiger partial charge >= 0.3 is 5.97 Å². The number of likely N-dealkylation sites (tertiary alicyclic amines) is 1. The minimum absolute atomic E-state index is 0.0222. The van der Waals surface area contributed by atoms with Crippen LogP contribution in [0.3, 0.4) is 0 Å². The quantitative estimate of drug-likeness (QED) is 0.238. The fourth-order valence-corrected chi connectivity index (χ4v) is 6.06. The monoisotopic (exact) mass is 606 g/mol. The minimum Gasteiger partial charge on any atom is -0.478 e. The van der Waals surface area contributed by atoms with Gasteiger partial charge in [0.05, 0.1) is 28.9 Å². The van der Waals surface area contributed by atoms with E-state index in [0.717, 1.165) is 16.3 Å². The largest absolute Gasteiger partial charge is 0.478 e. The minimum atomic E-state index is -1.15. The van der Waals surface area contributed by atoms with Crippen LogP contribution in [0.2, 0.25) is 0 Å². The highest BCUT2D eigenvalue weighted by Gasteiger charge is 2.42. The molecule has 2 heterocycles. The zero-order valence-corrected chi connectivity index (χ0v) is 24.6. The Morgan fingerprint density at radius 3 is 2.44 bits per heavy atom. The van der Waals surface area contributed by atoms with Crippen molar-refractivity contribution in [1.82, 2.24) is 10.2 Å². The van der Waals surface area contributed by atoms with E-state index < -0.39 is 29.9 Å². The molecule has 0 radical (unpaired) electrons. The van der Waals surface area contributed by atoms with Crippen LogP contribution in [0.1, 0.15) is 35.2 Å². The number of benzene rings is 4. The molecule has 3 amide bonds. The number of anilines is 2. The maximum atomic E-state index is 14.0. The highest BCUT2D eigenvalue weighted by atomic mass is 16.7. The lowest BCUT2D eigenvalue weighted by atomic mass is 10.0. The summed E-state index contributed by atoms with van der Waals surface area (Å²) in [5.41, 5.74) is 1.68. The van der Waals surface area contributed by atoms with Crippen LogP contribution < -0.4 is 15.7 Å². The summed E-state index contributed by atoms with van der Waals surface area (Å²) in [4.78, 5) is 60.2. The van der Waals surface area contributed by atoms with E-state index in [2.05, 4.69) is 10.6 Å². The van der Waals surface area contributed by atoms with Crippen molar-refractivity contribution in [2.45, 2.75) is 38.0 Å². The number of para-hydroxylation sites is 1. The Morgan fingerprint density at radius 2 is 1.64 bits per heavy atom. The molecule has 3 N–H and O–H groups in total. The third kappa shape index (κ3) is 6.57. The van der Waals surface area contributed by atoms with Crippen LogP contribution in [0.4, 0.5) is 11.4 Å². The molecule has 0 aromatic heterocycles. The smallest absolute Gasteiger partial charge is 0.337 e. The van der Waals surface area contributed by atoms with Crippen molar-refractivity contribution in [2.75, 3.05) is 23.5 Å². The van der Waals surface area contributed by atoms with Crippen molar-refractivity contribution in [1.29, 1.82) is 0 Å². The Hall–Kier alpha value is -5.06. The van der Waals surface area contributed by atoms with Gasteiger partial charge in [-0.05, 0) is 59.9 Å². The molecule has 2 saturated heterocycles. The van der Waals surface area contributed by atoms with E-state index in [-0.39, 0.29) is 42.6 Å². The summed E-state index contributed by atoms with van der Waals surface area (Å²) in [6.07, 6.45) is 1.36. The summed E-state index contributed by atoms with van der Waals surface area (Å²) in [5, 5.41) is 18.7. The van der Waals surface area contributed by atoms with Gasteiger partial charge in [0.25, 0.3) is 5.91 Å². The number of carbonyl (C=O) groups excluding carboxylic acids is 3. The number of hydrogen-bond acceptors (Lipinski definition) is 6. The molecule has 45 heavy (non-hydrogen) atoms. The van der Waals surface area contributed by atoms with Gasteiger partial charge in [0.15, 0.2) is 0 Å². The van der Waals surface area contributed by atoms with Crippen molar-refractivity contribution in [3.05, 3.63) is 108 Å². The van der Waals surface area contributed by atoms with Gasteiger partial charge in [0.2, 0.25) is 11.8 Å². The molecule has 0 unspecified atom stereocenters. The van der Waals surface area contributed by atoms with Crippen molar-refractivity contribution >= 4 is 45.8 Å². The van der Waals surface area contributed by atoms with Crippen molar-refractivity contribution in [3.8, 4) is 0 Å². The molecule has 0 bridgehead atoms. The van der Waals surface area contributed by atoms with Crippen LogP contribution >= 0.6 is 0 Å². The van der Waals surface area contributed by atoms with E-state index >= 15 is 0 Å². The SMILES string of the molecule is O=C(O)c1ccccc1NC(=O)[C@H]1CCCN1C(=O)[C@H]1C[C@@H](C(=O)N(OCc2ccccc2)c2ccc3ccccc3c2)CN1. The summed E-state index contributed by atoms with van der Waals surface area (Å²) in [6.45, 7) is 0.875. The zero-order chi connectivity index (χ0) is 31.3. The second kappa shape index (κ2) is 13.3. The first kappa shape index (κ1) is 30.0. The standard InChI is InChI=1S/C35H34N4O6/c40-32(37-29-14-7-6-13-28(29)35(43)44)31-15-8-18-38(31)34(42)30-20-26(21-36-30)33(41)39(45-22-23-9-2-1-3-10-23)27-17-16-24-11-4-5-12-25(24)19-27/h1-7,9-14,16-17,19,26,30-31,36H,8,15,18,20-22H2,(H,37,40)(H,43,44)/t26-,30-,31-/m1/s1. The highest BCUT2D eigenvalue weighted by molar-refractivity contribution is 6.03. The number of aromatic carboxylic acids is 1. The first-order valence-corrected chi connectivity index (χ1v) is 15.1. The van der Waals surface area contributed by atoms with Crippen LogP contribution in [-0.4, -0.2) is 58.9 Å². The Balaban J connectivity index is 1.15. The second-order valence-corrected chi connectivity index (χ2v) is 11.3. The average Bonchev–Trinajstić information content (AvgIpc) is 3.76. The lowest BCUT2D eigenvalue weighted by Gasteiger charge is -2.27. The molecule has 4 aromatic carbocycles. The average molecular weight is 607 g/mol. The molecular weight excluding hydrogens is 572 g/mol. The number of carbonyl (C=O) groups is 4. The van der Waals surface area contributed by atoms with Gasteiger partial charge in [-0.2, -0.15) is 5.06 Å². The maximum absolute atomic E-state index is 14.0. The summed E-state index contributed by atoms with van der Waals surface area (Å²) >= 11 is 0. The molecule has 0 saturated carbocycles. The van der Waals surface area contributed by atoms with Crippen molar-refractivity contribution in [2.24, 2.45) is 5.92 Å². The van der Waals surface area contributed by atoms with Gasteiger partial charge in [-0.15, -0.1) is 0 Å². The molecule has 2 aliphatic rings. The third-order valence-electron chi connectivity index (χ3n) is 8.40. The molecule has 10 heteroatoms. The Kier molecular flexibility index (Phi) is 8.86. The number of carboxylic acids is 1. The van der Waals surface area contributed by atoms with Crippen LogP contribution in [0.25, 0.3) is 10.8 Å². The van der Waals surface area contributed by atoms with Gasteiger partial charge in [-0.3, -0.25) is 19.2 Å². The molecule has 0 spiro atoms. The molecule has 2 fully saturated rings. The van der Waals surface area contributed by atoms with E-state index in [4.69, 9.17) is 4.84 Å². The van der Waals surface area contributed by atoms with Gasteiger partial charge in [-0.25, -0.2) is 4.79 Å². The summed E-state index contributed by atoms with van der Waals surface area (Å²) in [6, 6.07) is 28.0. The van der Waals surface area contributed by atoms with E-state index in [0.29, 0.717) is 25.1 Å². The Morgan fingerprint density at radius 1 is 0.911 bits per heavy atom. The number of carboxylic acid groups (broad SMARTS) is 1. The van der Waals surface area contributed by atoms with Crippen LogP contribution in [-0.2, 0) is 25.8 Å². The van der Waals surface area contributed by atoms with E-state index in [1.807, 2.05) is 72.8 Å². The predicted molar refractivity (Wildman–Crippen MR) is 169 cm³/mol. The van der Waals surface area contributed by atoms with E-state index in [9.17, 15) is 24.3 Å². The normalized spacial score (nSPS) is 19.4. The molecule has 3 atom stereocenters. The Labute approximate surface area is 260 Å². The number of nitrogens with zero attached hydrogens (tertiary/aromatic N) is 2. The van der Waals surface area contributed by atoms with Crippen molar-refractivity contribution in [3.63, 3.8) is 0 Å². The molecule has 4 aromatic rings. The topological polar surface area (TPSA) is 128 Å². The van der Waals surface area contributed by atoms with Gasteiger partial charge in [0.1, 0.15) is 12.6 Å². The van der Waals surface area contributed by atoms with E-state index in [1.165, 1.54) is 22.1 Å². The second-order valence-electron chi connectivity index (χ2n) is 11.3. The maximum Gasteiger partial charge on any atom is 0.337 e. The predicted octanol–water partition coefficient (Wildman–Crippen LogP) is 4.61. The summed E-state index contributed by atoms with van der Waals surface area (Å²) in [7, 11) is 0. The number of fused-ring (bicyclic) bond motifs is 1. The van der Waals surface area contributed by atoms with E-state index in [1.54, 1.807) is 12.1 Å². The number of rotatable bonds is 9. The molecule has 230 valence electrons. The number of hydroxylamine groups is 1. The van der Waals surface area contributed by atoms with Gasteiger partial charge in [-0.1, -0.05) is 72.8 Å². The zero-order valence-electron chi connectivity index (χ0n) is 24.6.